The maximum atomic E-state index is 12.3. The van der Waals surface area contributed by atoms with E-state index < -0.39 is 0 Å². The maximum absolute atomic E-state index is 12.3. The number of thioether (sulfide) groups is 1. The number of carbonyl (C=O) groups excluding carboxylic acids is 1. The van der Waals surface area contributed by atoms with Crippen LogP contribution < -0.4 is 0 Å². The Morgan fingerprint density at radius 3 is 2.40 bits per heavy atom. The van der Waals surface area contributed by atoms with Gasteiger partial charge in [0.2, 0.25) is 5.89 Å². The Morgan fingerprint density at radius 1 is 1.08 bits per heavy atom. The van der Waals surface area contributed by atoms with Crippen molar-refractivity contribution in [2.45, 2.75) is 25.0 Å². The van der Waals surface area contributed by atoms with Crippen molar-refractivity contribution in [1.82, 2.24) is 10.2 Å². The molecule has 0 atom stereocenters. The quantitative estimate of drug-likeness (QED) is 0.423. The van der Waals surface area contributed by atoms with E-state index in [0.717, 1.165) is 5.56 Å². The van der Waals surface area contributed by atoms with Crippen LogP contribution in [0.1, 0.15) is 35.7 Å². The Balaban J connectivity index is 1.61. The second-order valence-corrected chi connectivity index (χ2v) is 7.23. The highest BCUT2D eigenvalue weighted by molar-refractivity contribution is 7.99. The van der Waals surface area contributed by atoms with E-state index in [9.17, 15) is 4.79 Å². The minimum absolute atomic E-state index is 0.0338. The summed E-state index contributed by atoms with van der Waals surface area (Å²) in [6, 6.07) is 14.9. The van der Waals surface area contributed by atoms with Gasteiger partial charge in [-0.05, 0) is 35.7 Å². The van der Waals surface area contributed by atoms with Gasteiger partial charge in [0.1, 0.15) is 0 Å². The van der Waals surface area contributed by atoms with E-state index in [0.29, 0.717) is 27.6 Å². The minimum atomic E-state index is 0.0338. The fourth-order valence-corrected chi connectivity index (χ4v) is 3.03. The highest BCUT2D eigenvalue weighted by Gasteiger charge is 2.13. The van der Waals surface area contributed by atoms with E-state index in [2.05, 4.69) is 24.0 Å². The van der Waals surface area contributed by atoms with Crippen LogP contribution in [0.15, 0.2) is 58.2 Å². The lowest BCUT2D eigenvalue weighted by atomic mass is 10.0. The van der Waals surface area contributed by atoms with Crippen molar-refractivity contribution >= 4 is 29.1 Å². The second kappa shape index (κ2) is 7.85. The van der Waals surface area contributed by atoms with E-state index in [1.54, 1.807) is 12.1 Å². The van der Waals surface area contributed by atoms with Crippen molar-refractivity contribution in [3.05, 3.63) is 64.7 Å². The largest absolute Gasteiger partial charge is 0.411 e. The first-order chi connectivity index (χ1) is 12.0. The molecule has 25 heavy (non-hydrogen) atoms. The minimum Gasteiger partial charge on any atom is -0.411 e. The lowest BCUT2D eigenvalue weighted by molar-refractivity contribution is 0.102. The van der Waals surface area contributed by atoms with E-state index in [-0.39, 0.29) is 11.5 Å². The van der Waals surface area contributed by atoms with Gasteiger partial charge in [-0.3, -0.25) is 4.79 Å². The van der Waals surface area contributed by atoms with Gasteiger partial charge >= 0.3 is 0 Å². The van der Waals surface area contributed by atoms with Crippen molar-refractivity contribution in [2.75, 3.05) is 5.75 Å². The average molecular weight is 373 g/mol. The zero-order valence-corrected chi connectivity index (χ0v) is 15.5. The Kier molecular flexibility index (Phi) is 5.56. The number of hydrogen-bond acceptors (Lipinski definition) is 5. The molecule has 0 N–H and O–H groups in total. The van der Waals surface area contributed by atoms with Gasteiger partial charge in [-0.15, -0.1) is 10.2 Å². The number of aromatic nitrogens is 2. The first-order valence-corrected chi connectivity index (χ1v) is 9.24. The monoisotopic (exact) mass is 372 g/mol. The average Bonchev–Trinajstić information content (AvgIpc) is 3.09. The van der Waals surface area contributed by atoms with Crippen LogP contribution in [0.4, 0.5) is 0 Å². The molecular formula is C19H17ClN2O2S. The maximum Gasteiger partial charge on any atom is 0.277 e. The molecule has 4 nitrogen and oxygen atoms in total. The molecule has 1 aromatic heterocycles. The summed E-state index contributed by atoms with van der Waals surface area (Å²) in [6.07, 6.45) is 0. The number of nitrogens with zero attached hydrogens (tertiary/aromatic N) is 2. The van der Waals surface area contributed by atoms with Crippen molar-refractivity contribution in [3.63, 3.8) is 0 Å². The van der Waals surface area contributed by atoms with Crippen LogP contribution >= 0.6 is 23.4 Å². The molecule has 0 unspecified atom stereocenters. The van der Waals surface area contributed by atoms with Gasteiger partial charge in [0, 0.05) is 16.1 Å². The molecule has 0 radical (unpaired) electrons. The lowest BCUT2D eigenvalue weighted by Crippen LogP contribution is -2.02. The topological polar surface area (TPSA) is 56.0 Å². The normalized spacial score (nSPS) is 11.0. The number of rotatable bonds is 6. The summed E-state index contributed by atoms with van der Waals surface area (Å²) in [5.74, 6) is 1.14. The van der Waals surface area contributed by atoms with Crippen molar-refractivity contribution < 1.29 is 9.21 Å². The molecule has 1 heterocycles. The summed E-state index contributed by atoms with van der Waals surface area (Å²) in [7, 11) is 0. The van der Waals surface area contributed by atoms with Crippen LogP contribution in [-0.2, 0) is 0 Å². The van der Waals surface area contributed by atoms with Crippen molar-refractivity contribution in [2.24, 2.45) is 0 Å². The molecule has 0 saturated carbocycles. The summed E-state index contributed by atoms with van der Waals surface area (Å²) in [5.41, 5.74) is 2.70. The molecule has 0 spiro atoms. The van der Waals surface area contributed by atoms with Crippen molar-refractivity contribution in [3.8, 4) is 11.5 Å². The van der Waals surface area contributed by atoms with Crippen LogP contribution in [-0.4, -0.2) is 21.7 Å². The third-order valence-corrected chi connectivity index (χ3v) is 4.79. The molecule has 6 heteroatoms. The second-order valence-electron chi connectivity index (χ2n) is 5.87. The van der Waals surface area contributed by atoms with E-state index in [1.165, 1.54) is 17.3 Å². The van der Waals surface area contributed by atoms with Gasteiger partial charge in [0.25, 0.3) is 5.22 Å². The Bertz CT molecular complexity index is 858. The van der Waals surface area contributed by atoms with E-state index in [1.807, 2.05) is 36.4 Å². The fraction of sp³-hybridized carbons (Fsp3) is 0.211. The van der Waals surface area contributed by atoms with Crippen LogP contribution in [0.5, 0.6) is 0 Å². The zero-order chi connectivity index (χ0) is 17.8. The van der Waals surface area contributed by atoms with E-state index in [4.69, 9.17) is 16.0 Å². The zero-order valence-electron chi connectivity index (χ0n) is 13.9. The molecule has 0 aliphatic rings. The molecule has 3 aromatic rings. The summed E-state index contributed by atoms with van der Waals surface area (Å²) >= 11 is 7.10. The standard InChI is InChI=1S/C19H17ClN2O2S/c1-12(2)13-3-5-14(6-4-13)17(23)11-25-19-22-21-18(24-19)15-7-9-16(20)10-8-15/h3-10,12H,11H2,1-2H3. The molecule has 128 valence electrons. The molecule has 0 saturated heterocycles. The summed E-state index contributed by atoms with van der Waals surface area (Å²) < 4.78 is 5.59. The first kappa shape index (κ1) is 17.7. The number of hydrogen-bond donors (Lipinski definition) is 0. The number of Topliss-reactive ketones (excluding diaryl/α,β-unsaturated/α-hetero) is 1. The fourth-order valence-electron chi connectivity index (χ4n) is 2.24. The number of ketones is 1. The Morgan fingerprint density at radius 2 is 1.76 bits per heavy atom. The molecule has 0 amide bonds. The summed E-state index contributed by atoms with van der Waals surface area (Å²) in [4.78, 5) is 12.3. The van der Waals surface area contributed by atoms with Crippen molar-refractivity contribution in [1.29, 1.82) is 0 Å². The Labute approximate surface area is 155 Å². The van der Waals surface area contributed by atoms with Gasteiger partial charge < -0.3 is 4.42 Å². The first-order valence-electron chi connectivity index (χ1n) is 7.88. The van der Waals surface area contributed by atoms with Gasteiger partial charge in [0.15, 0.2) is 5.78 Å². The smallest absolute Gasteiger partial charge is 0.277 e. The predicted octanol–water partition coefficient (Wildman–Crippen LogP) is 5.49. The highest BCUT2D eigenvalue weighted by Crippen LogP contribution is 2.25. The molecule has 0 fully saturated rings. The number of carbonyl (C=O) groups is 1. The van der Waals surface area contributed by atoms with Gasteiger partial charge in [0.05, 0.1) is 5.75 Å². The van der Waals surface area contributed by atoms with Gasteiger partial charge in [-0.2, -0.15) is 0 Å². The SMILES string of the molecule is CC(C)c1ccc(C(=O)CSc2nnc(-c3ccc(Cl)cc3)o2)cc1. The van der Waals surface area contributed by atoms with Crippen LogP contribution in [0.25, 0.3) is 11.5 Å². The number of benzene rings is 2. The Hall–Kier alpha value is -2.11. The molecular weight excluding hydrogens is 356 g/mol. The molecule has 0 aliphatic heterocycles. The lowest BCUT2D eigenvalue weighted by Gasteiger charge is -2.05. The molecule has 2 aromatic carbocycles. The molecule has 3 rings (SSSR count). The molecule has 0 aliphatic carbocycles. The van der Waals surface area contributed by atoms with Gasteiger partial charge in [-0.1, -0.05) is 61.5 Å². The third kappa shape index (κ3) is 4.50. The van der Waals surface area contributed by atoms with E-state index >= 15 is 0 Å². The van der Waals surface area contributed by atoms with Crippen LogP contribution in [0.3, 0.4) is 0 Å². The summed E-state index contributed by atoms with van der Waals surface area (Å²) in [6.45, 7) is 4.25. The highest BCUT2D eigenvalue weighted by atomic mass is 35.5. The number of halogens is 1. The molecule has 0 bridgehead atoms. The van der Waals surface area contributed by atoms with Gasteiger partial charge in [-0.25, -0.2) is 0 Å². The van der Waals surface area contributed by atoms with Crippen LogP contribution in [0, 0.1) is 0 Å². The predicted molar refractivity (Wildman–Crippen MR) is 100 cm³/mol. The third-order valence-electron chi connectivity index (χ3n) is 3.72. The van der Waals surface area contributed by atoms with Crippen LogP contribution in [0.2, 0.25) is 5.02 Å². The summed E-state index contributed by atoms with van der Waals surface area (Å²) in [5, 5.41) is 9.00.